The predicted molar refractivity (Wildman–Crippen MR) is 81.9 cm³/mol. The zero-order valence-corrected chi connectivity index (χ0v) is 12.3. The van der Waals surface area contributed by atoms with Crippen LogP contribution in [0.15, 0.2) is 36.4 Å². The van der Waals surface area contributed by atoms with Gasteiger partial charge in [-0.15, -0.1) is 0 Å². The number of nitrogens with zero attached hydrogens (tertiary/aromatic N) is 1. The van der Waals surface area contributed by atoms with Crippen molar-refractivity contribution in [2.45, 2.75) is 19.9 Å². The maximum absolute atomic E-state index is 11.2. The molecule has 0 atom stereocenters. The SMILES string of the molecule is CCc1ccc(Oc2c(Cl)cccc2CN)c([N+](=O)[O-])c1. The minimum Gasteiger partial charge on any atom is -0.448 e. The van der Waals surface area contributed by atoms with Gasteiger partial charge in [-0.1, -0.05) is 36.7 Å². The van der Waals surface area contributed by atoms with Crippen LogP contribution >= 0.6 is 11.6 Å². The number of nitro groups is 1. The third kappa shape index (κ3) is 3.32. The van der Waals surface area contributed by atoms with Crippen molar-refractivity contribution < 1.29 is 9.66 Å². The number of hydrogen-bond donors (Lipinski definition) is 1. The molecule has 2 rings (SSSR count). The van der Waals surface area contributed by atoms with E-state index in [0.717, 1.165) is 5.56 Å². The van der Waals surface area contributed by atoms with Gasteiger partial charge in [0.05, 0.1) is 9.95 Å². The molecule has 2 aromatic rings. The number of rotatable bonds is 5. The van der Waals surface area contributed by atoms with Crippen LogP contribution in [0, 0.1) is 10.1 Å². The first-order valence-electron chi connectivity index (χ1n) is 6.49. The third-order valence-electron chi connectivity index (χ3n) is 3.11. The average molecular weight is 307 g/mol. The van der Waals surface area contributed by atoms with Crippen molar-refractivity contribution in [3.63, 3.8) is 0 Å². The minimum absolute atomic E-state index is 0.0859. The lowest BCUT2D eigenvalue weighted by Crippen LogP contribution is -2.01. The van der Waals surface area contributed by atoms with Gasteiger partial charge in [0.1, 0.15) is 0 Å². The summed E-state index contributed by atoms with van der Waals surface area (Å²) in [5.41, 5.74) is 7.12. The van der Waals surface area contributed by atoms with Gasteiger partial charge in [-0.05, 0) is 24.1 Å². The molecular weight excluding hydrogens is 292 g/mol. The lowest BCUT2D eigenvalue weighted by molar-refractivity contribution is -0.385. The molecule has 0 aromatic heterocycles. The average Bonchev–Trinajstić information content (AvgIpc) is 2.49. The Morgan fingerprint density at radius 3 is 2.71 bits per heavy atom. The van der Waals surface area contributed by atoms with Gasteiger partial charge >= 0.3 is 5.69 Å². The molecule has 0 radical (unpaired) electrons. The van der Waals surface area contributed by atoms with Crippen LogP contribution in [0.2, 0.25) is 5.02 Å². The van der Waals surface area contributed by atoms with E-state index >= 15 is 0 Å². The Bertz CT molecular complexity index is 674. The van der Waals surface area contributed by atoms with Gasteiger partial charge in [-0.3, -0.25) is 10.1 Å². The molecular formula is C15H15ClN2O3. The van der Waals surface area contributed by atoms with Crippen molar-refractivity contribution >= 4 is 17.3 Å². The third-order valence-corrected chi connectivity index (χ3v) is 3.41. The fraction of sp³-hybridized carbons (Fsp3) is 0.200. The van der Waals surface area contributed by atoms with Crippen LogP contribution in [-0.2, 0) is 13.0 Å². The Morgan fingerprint density at radius 2 is 2.10 bits per heavy atom. The van der Waals surface area contributed by atoms with E-state index in [1.807, 2.05) is 6.92 Å². The highest BCUT2D eigenvalue weighted by Gasteiger charge is 2.18. The molecule has 2 N–H and O–H groups in total. The Hall–Kier alpha value is -2.11. The fourth-order valence-electron chi connectivity index (χ4n) is 1.95. The maximum atomic E-state index is 11.2. The second kappa shape index (κ2) is 6.56. The number of hydrogen-bond acceptors (Lipinski definition) is 4. The Labute approximate surface area is 127 Å². The van der Waals surface area contributed by atoms with Gasteiger partial charge in [0.2, 0.25) is 5.75 Å². The van der Waals surface area contributed by atoms with E-state index in [9.17, 15) is 10.1 Å². The van der Waals surface area contributed by atoms with Gasteiger partial charge in [-0.2, -0.15) is 0 Å². The van der Waals surface area contributed by atoms with Gasteiger partial charge in [0.25, 0.3) is 0 Å². The summed E-state index contributed by atoms with van der Waals surface area (Å²) in [6.45, 7) is 2.16. The fourth-order valence-corrected chi connectivity index (χ4v) is 2.18. The molecule has 0 fully saturated rings. The number of ether oxygens (including phenoxy) is 1. The molecule has 0 saturated heterocycles. The summed E-state index contributed by atoms with van der Waals surface area (Å²) >= 11 is 6.10. The van der Waals surface area contributed by atoms with Crippen LogP contribution in [0.1, 0.15) is 18.1 Å². The molecule has 0 heterocycles. The number of benzene rings is 2. The standard InChI is InChI=1S/C15H15ClN2O3/c1-2-10-6-7-14(13(8-10)18(19)20)21-15-11(9-17)4-3-5-12(15)16/h3-8H,2,9,17H2,1H3. The molecule has 6 heteroatoms. The maximum Gasteiger partial charge on any atom is 0.311 e. The van der Waals surface area contributed by atoms with Crippen LogP contribution < -0.4 is 10.5 Å². The van der Waals surface area contributed by atoms with E-state index in [2.05, 4.69) is 0 Å². The Kier molecular flexibility index (Phi) is 4.77. The van der Waals surface area contributed by atoms with Crippen LogP contribution in [0.25, 0.3) is 0 Å². The zero-order chi connectivity index (χ0) is 15.4. The van der Waals surface area contributed by atoms with Crippen LogP contribution in [0.5, 0.6) is 11.5 Å². The second-order valence-electron chi connectivity index (χ2n) is 4.45. The molecule has 0 amide bonds. The monoisotopic (exact) mass is 306 g/mol. The number of para-hydroxylation sites is 1. The van der Waals surface area contributed by atoms with Crippen LogP contribution in [-0.4, -0.2) is 4.92 Å². The molecule has 0 unspecified atom stereocenters. The lowest BCUT2D eigenvalue weighted by atomic mass is 10.1. The summed E-state index contributed by atoms with van der Waals surface area (Å²) < 4.78 is 5.67. The van der Waals surface area contributed by atoms with Gasteiger partial charge in [0, 0.05) is 18.2 Å². The van der Waals surface area contributed by atoms with Gasteiger partial charge in [-0.25, -0.2) is 0 Å². The molecule has 0 aliphatic carbocycles. The molecule has 0 bridgehead atoms. The molecule has 0 aliphatic heterocycles. The van der Waals surface area contributed by atoms with Crippen molar-refractivity contribution in [1.29, 1.82) is 0 Å². The topological polar surface area (TPSA) is 78.4 Å². The number of nitrogens with two attached hydrogens (primary N) is 1. The number of aryl methyl sites for hydroxylation is 1. The molecule has 0 saturated carbocycles. The molecule has 0 aliphatic rings. The summed E-state index contributed by atoms with van der Waals surface area (Å²) in [4.78, 5) is 10.7. The van der Waals surface area contributed by atoms with Crippen LogP contribution in [0.3, 0.4) is 0 Å². The second-order valence-corrected chi connectivity index (χ2v) is 4.85. The quantitative estimate of drug-likeness (QED) is 0.667. The van der Waals surface area contributed by atoms with E-state index < -0.39 is 4.92 Å². The van der Waals surface area contributed by atoms with E-state index in [1.54, 1.807) is 30.3 Å². The lowest BCUT2D eigenvalue weighted by Gasteiger charge is -2.12. The van der Waals surface area contributed by atoms with Crippen molar-refractivity contribution in [2.24, 2.45) is 5.73 Å². The first-order valence-corrected chi connectivity index (χ1v) is 6.87. The molecule has 5 nitrogen and oxygen atoms in total. The van der Waals surface area contributed by atoms with E-state index in [-0.39, 0.29) is 18.0 Å². The van der Waals surface area contributed by atoms with Gasteiger partial charge in [0.15, 0.2) is 5.75 Å². The first-order chi connectivity index (χ1) is 10.1. The Balaban J connectivity index is 2.47. The van der Waals surface area contributed by atoms with Crippen molar-refractivity contribution in [3.05, 3.63) is 62.7 Å². The number of halogens is 1. The van der Waals surface area contributed by atoms with Crippen molar-refractivity contribution in [2.75, 3.05) is 0 Å². The normalized spacial score (nSPS) is 10.4. The summed E-state index contributed by atoms with van der Waals surface area (Å²) in [6, 6.07) is 10.1. The number of nitro benzene ring substituents is 1. The van der Waals surface area contributed by atoms with Crippen LogP contribution in [0.4, 0.5) is 5.69 Å². The molecule has 110 valence electrons. The van der Waals surface area contributed by atoms with Crippen molar-refractivity contribution in [1.82, 2.24) is 0 Å². The highest BCUT2D eigenvalue weighted by atomic mass is 35.5. The van der Waals surface area contributed by atoms with Gasteiger partial charge < -0.3 is 10.5 Å². The highest BCUT2D eigenvalue weighted by molar-refractivity contribution is 6.32. The smallest absolute Gasteiger partial charge is 0.311 e. The van der Waals surface area contributed by atoms with E-state index in [0.29, 0.717) is 22.8 Å². The summed E-state index contributed by atoms with van der Waals surface area (Å²) in [5.74, 6) is 0.508. The predicted octanol–water partition coefficient (Wildman–Crippen LogP) is 4.06. The summed E-state index contributed by atoms with van der Waals surface area (Å²) in [6.07, 6.45) is 0.710. The zero-order valence-electron chi connectivity index (χ0n) is 11.5. The summed E-state index contributed by atoms with van der Waals surface area (Å²) in [7, 11) is 0. The molecule has 2 aromatic carbocycles. The summed E-state index contributed by atoms with van der Waals surface area (Å²) in [5, 5.41) is 11.6. The first kappa shape index (κ1) is 15.3. The largest absolute Gasteiger partial charge is 0.448 e. The minimum atomic E-state index is -0.465. The highest BCUT2D eigenvalue weighted by Crippen LogP contribution is 2.37. The van der Waals surface area contributed by atoms with E-state index in [1.165, 1.54) is 6.07 Å². The van der Waals surface area contributed by atoms with Crippen molar-refractivity contribution in [3.8, 4) is 11.5 Å². The van der Waals surface area contributed by atoms with E-state index in [4.69, 9.17) is 22.1 Å². The Morgan fingerprint density at radius 1 is 1.33 bits per heavy atom. The molecule has 21 heavy (non-hydrogen) atoms. The molecule has 0 spiro atoms.